The highest BCUT2D eigenvalue weighted by Gasteiger charge is 2.04. The van der Waals surface area contributed by atoms with Crippen molar-refractivity contribution in [2.75, 3.05) is 7.11 Å². The number of hydrogen-bond donors (Lipinski definition) is 0. The van der Waals surface area contributed by atoms with Crippen molar-refractivity contribution in [3.63, 3.8) is 0 Å². The van der Waals surface area contributed by atoms with Crippen molar-refractivity contribution in [2.24, 2.45) is 5.92 Å². The van der Waals surface area contributed by atoms with Gasteiger partial charge in [0.1, 0.15) is 5.75 Å². The summed E-state index contributed by atoms with van der Waals surface area (Å²) in [5.74, 6) is 1.77. The minimum Gasteiger partial charge on any atom is -0.497 e. The van der Waals surface area contributed by atoms with E-state index in [-0.39, 0.29) is 5.56 Å². The summed E-state index contributed by atoms with van der Waals surface area (Å²) in [4.78, 5) is 12.5. The second-order valence-electron chi connectivity index (χ2n) is 7.84. The van der Waals surface area contributed by atoms with E-state index >= 15 is 0 Å². The molecule has 0 saturated heterocycles. The summed E-state index contributed by atoms with van der Waals surface area (Å²) in [6.45, 7) is 9.44. The first kappa shape index (κ1) is 22.7. The van der Waals surface area contributed by atoms with Gasteiger partial charge in [-0.1, -0.05) is 76.3 Å². The summed E-state index contributed by atoms with van der Waals surface area (Å²) in [5.41, 5.74) is 2.28. The van der Waals surface area contributed by atoms with E-state index in [1.807, 2.05) is 61.7 Å². The second-order valence-corrected chi connectivity index (χ2v) is 7.84. The van der Waals surface area contributed by atoms with Crippen LogP contribution < -0.4 is 10.3 Å². The molecule has 3 rings (SSSR count). The van der Waals surface area contributed by atoms with Crippen LogP contribution in [0.5, 0.6) is 5.75 Å². The monoisotopic (exact) mass is 393 g/mol. The highest BCUT2D eigenvalue weighted by molar-refractivity contribution is 5.82. The summed E-state index contributed by atoms with van der Waals surface area (Å²) in [6.07, 6.45) is 7.39. The number of aromatic nitrogens is 1. The van der Waals surface area contributed by atoms with Crippen molar-refractivity contribution in [1.82, 2.24) is 4.57 Å². The molecule has 0 saturated carbocycles. The summed E-state index contributed by atoms with van der Waals surface area (Å²) in [5, 5.41) is 1.75. The number of fused-ring (bicyclic) bond motifs is 1. The number of pyridine rings is 1. The number of methoxy groups -OCH3 is 1. The van der Waals surface area contributed by atoms with E-state index in [0.29, 0.717) is 6.54 Å². The molecular formula is C26H35NO2. The number of unbranched alkanes of at least 4 members (excludes halogenated alkanes) is 1. The second kappa shape index (κ2) is 11.5. The van der Waals surface area contributed by atoms with Gasteiger partial charge in [-0.25, -0.2) is 0 Å². The molecule has 0 aliphatic carbocycles. The lowest BCUT2D eigenvalue weighted by Gasteiger charge is -2.08. The third-order valence-electron chi connectivity index (χ3n) is 5.39. The minimum atomic E-state index is 0.0447. The van der Waals surface area contributed by atoms with E-state index in [1.54, 1.807) is 11.7 Å². The van der Waals surface area contributed by atoms with Gasteiger partial charge in [-0.3, -0.25) is 4.79 Å². The number of nitrogens with zero attached hydrogens (tertiary/aromatic N) is 1. The van der Waals surface area contributed by atoms with Crippen LogP contribution in [0.25, 0.3) is 10.8 Å². The SMILES string of the molecule is CCCCC(C)CC.COc1ccc(Cn2ccc3cc(C)ccc3c2=O)cc1. The first-order valence-electron chi connectivity index (χ1n) is 10.7. The van der Waals surface area contributed by atoms with E-state index in [1.165, 1.54) is 25.7 Å². The molecule has 0 spiro atoms. The van der Waals surface area contributed by atoms with Crippen molar-refractivity contribution in [3.05, 3.63) is 76.2 Å². The highest BCUT2D eigenvalue weighted by atomic mass is 16.5. The third-order valence-corrected chi connectivity index (χ3v) is 5.39. The molecule has 0 amide bonds. The largest absolute Gasteiger partial charge is 0.497 e. The number of ether oxygens (including phenoxy) is 1. The van der Waals surface area contributed by atoms with Gasteiger partial charge in [0.15, 0.2) is 0 Å². The molecule has 0 radical (unpaired) electrons. The number of rotatable bonds is 7. The molecule has 1 unspecified atom stereocenters. The summed E-state index contributed by atoms with van der Waals surface area (Å²) in [7, 11) is 1.64. The molecular weight excluding hydrogens is 358 g/mol. The standard InChI is InChI=1S/C18H17NO2.C8H18/c1-13-3-8-17-15(11-13)9-10-19(18(17)20)12-14-4-6-16(21-2)7-5-14;1-4-6-7-8(3)5-2/h3-11H,12H2,1-2H3;8H,4-7H2,1-3H3. The van der Waals surface area contributed by atoms with Crippen LogP contribution in [-0.4, -0.2) is 11.7 Å². The molecule has 156 valence electrons. The van der Waals surface area contributed by atoms with Gasteiger partial charge >= 0.3 is 0 Å². The molecule has 0 N–H and O–H groups in total. The molecule has 2 aromatic carbocycles. The molecule has 3 nitrogen and oxygen atoms in total. The molecule has 0 aliphatic heterocycles. The summed E-state index contributed by atoms with van der Waals surface area (Å²) in [6, 6.07) is 15.7. The molecule has 1 atom stereocenters. The van der Waals surface area contributed by atoms with Crippen molar-refractivity contribution in [2.45, 2.75) is 59.9 Å². The lowest BCUT2D eigenvalue weighted by Crippen LogP contribution is -2.20. The van der Waals surface area contributed by atoms with Crippen LogP contribution in [0, 0.1) is 12.8 Å². The van der Waals surface area contributed by atoms with E-state index in [4.69, 9.17) is 4.74 Å². The van der Waals surface area contributed by atoms with Crippen LogP contribution in [0.1, 0.15) is 57.6 Å². The Labute approximate surface area is 175 Å². The zero-order chi connectivity index (χ0) is 21.2. The highest BCUT2D eigenvalue weighted by Crippen LogP contribution is 2.14. The van der Waals surface area contributed by atoms with Gasteiger partial charge < -0.3 is 9.30 Å². The first-order valence-corrected chi connectivity index (χ1v) is 10.7. The molecule has 29 heavy (non-hydrogen) atoms. The van der Waals surface area contributed by atoms with Crippen LogP contribution >= 0.6 is 0 Å². The summed E-state index contributed by atoms with van der Waals surface area (Å²) < 4.78 is 6.88. The van der Waals surface area contributed by atoms with E-state index in [2.05, 4.69) is 20.8 Å². The smallest absolute Gasteiger partial charge is 0.258 e. The fourth-order valence-electron chi connectivity index (χ4n) is 3.22. The Morgan fingerprint density at radius 1 is 1.03 bits per heavy atom. The minimum absolute atomic E-state index is 0.0447. The van der Waals surface area contributed by atoms with Gasteiger partial charge in [0.05, 0.1) is 13.7 Å². The number of hydrogen-bond acceptors (Lipinski definition) is 2. The molecule has 3 aromatic rings. The number of aryl methyl sites for hydroxylation is 1. The van der Waals surface area contributed by atoms with Crippen LogP contribution in [0.2, 0.25) is 0 Å². The van der Waals surface area contributed by atoms with Gasteiger partial charge in [0.2, 0.25) is 0 Å². The predicted molar refractivity (Wildman–Crippen MR) is 124 cm³/mol. The van der Waals surface area contributed by atoms with E-state index in [9.17, 15) is 4.79 Å². The zero-order valence-electron chi connectivity index (χ0n) is 18.6. The Morgan fingerprint density at radius 3 is 2.38 bits per heavy atom. The van der Waals surface area contributed by atoms with Crippen molar-refractivity contribution in [3.8, 4) is 5.75 Å². The number of benzene rings is 2. The zero-order valence-corrected chi connectivity index (χ0v) is 18.6. The molecule has 0 aliphatic rings. The molecule has 0 fully saturated rings. The molecule has 0 bridgehead atoms. The Balaban J connectivity index is 0.000000321. The van der Waals surface area contributed by atoms with Gasteiger partial charge in [-0.05, 0) is 48.1 Å². The van der Waals surface area contributed by atoms with Crippen LogP contribution in [0.15, 0.2) is 59.5 Å². The van der Waals surface area contributed by atoms with Crippen molar-refractivity contribution in [1.29, 1.82) is 0 Å². The van der Waals surface area contributed by atoms with E-state index < -0.39 is 0 Å². The predicted octanol–water partition coefficient (Wildman–Crippen LogP) is 6.59. The first-order chi connectivity index (χ1) is 14.0. The Kier molecular flexibility index (Phi) is 8.98. The Morgan fingerprint density at radius 2 is 1.76 bits per heavy atom. The third kappa shape index (κ3) is 6.77. The quantitative estimate of drug-likeness (QED) is 0.453. The fraction of sp³-hybridized carbons (Fsp3) is 0.423. The lowest BCUT2D eigenvalue weighted by atomic mass is 10.0. The molecule has 1 heterocycles. The molecule has 3 heteroatoms. The summed E-state index contributed by atoms with van der Waals surface area (Å²) >= 11 is 0. The maximum atomic E-state index is 12.5. The van der Waals surface area contributed by atoms with Gasteiger partial charge in [-0.15, -0.1) is 0 Å². The van der Waals surface area contributed by atoms with Gasteiger partial charge in [-0.2, -0.15) is 0 Å². The fourth-order valence-corrected chi connectivity index (χ4v) is 3.22. The van der Waals surface area contributed by atoms with Gasteiger partial charge in [0.25, 0.3) is 5.56 Å². The normalized spacial score (nSPS) is 11.6. The average Bonchev–Trinajstić information content (AvgIpc) is 2.75. The molecule has 1 aromatic heterocycles. The maximum absolute atomic E-state index is 12.5. The Hall–Kier alpha value is -2.55. The van der Waals surface area contributed by atoms with Crippen molar-refractivity contribution >= 4 is 10.8 Å². The van der Waals surface area contributed by atoms with Crippen LogP contribution in [-0.2, 0) is 6.54 Å². The maximum Gasteiger partial charge on any atom is 0.258 e. The average molecular weight is 394 g/mol. The van der Waals surface area contributed by atoms with Crippen LogP contribution in [0.4, 0.5) is 0 Å². The Bertz CT molecular complexity index is 941. The van der Waals surface area contributed by atoms with Gasteiger partial charge in [0, 0.05) is 11.6 Å². The topological polar surface area (TPSA) is 31.2 Å². The van der Waals surface area contributed by atoms with Crippen molar-refractivity contribution < 1.29 is 4.74 Å². The lowest BCUT2D eigenvalue weighted by molar-refractivity contribution is 0.414. The van der Waals surface area contributed by atoms with Crippen LogP contribution in [0.3, 0.4) is 0 Å². The van der Waals surface area contributed by atoms with E-state index in [0.717, 1.165) is 33.6 Å².